The summed E-state index contributed by atoms with van der Waals surface area (Å²) in [5.74, 6) is 1.91. The van der Waals surface area contributed by atoms with E-state index in [1.807, 2.05) is 0 Å². The van der Waals surface area contributed by atoms with Gasteiger partial charge in [-0.25, -0.2) is 9.97 Å². The Labute approximate surface area is 107 Å². The molecule has 2 aromatic rings. The van der Waals surface area contributed by atoms with Gasteiger partial charge < -0.3 is 4.90 Å². The van der Waals surface area contributed by atoms with Gasteiger partial charge in [0, 0.05) is 25.5 Å². The minimum atomic E-state index is 0.561. The molecule has 0 aliphatic carbocycles. The fraction of sp³-hybridized carbons (Fsp3) is 0.400. The van der Waals surface area contributed by atoms with Gasteiger partial charge in [-0.2, -0.15) is 4.98 Å². The molecule has 0 bridgehead atoms. The van der Waals surface area contributed by atoms with Gasteiger partial charge in [-0.05, 0) is 28.8 Å². The van der Waals surface area contributed by atoms with Crippen LogP contribution >= 0.6 is 15.9 Å². The summed E-state index contributed by atoms with van der Waals surface area (Å²) in [6, 6.07) is 0. The van der Waals surface area contributed by atoms with Gasteiger partial charge in [-0.15, -0.1) is 5.10 Å². The zero-order valence-corrected chi connectivity index (χ0v) is 10.7. The van der Waals surface area contributed by atoms with Crippen LogP contribution in [0.15, 0.2) is 16.9 Å². The van der Waals surface area contributed by atoms with E-state index in [9.17, 15) is 0 Å². The van der Waals surface area contributed by atoms with Crippen molar-refractivity contribution in [3.63, 3.8) is 0 Å². The summed E-state index contributed by atoms with van der Waals surface area (Å²) < 4.78 is 0.848. The number of anilines is 1. The molecule has 7 heteroatoms. The van der Waals surface area contributed by atoms with Crippen LogP contribution in [-0.4, -0.2) is 38.2 Å². The van der Waals surface area contributed by atoms with Gasteiger partial charge in [-0.3, -0.25) is 5.10 Å². The summed E-state index contributed by atoms with van der Waals surface area (Å²) in [4.78, 5) is 14.9. The molecule has 2 aromatic heterocycles. The average molecular weight is 295 g/mol. The van der Waals surface area contributed by atoms with Crippen LogP contribution in [0, 0.1) is 0 Å². The van der Waals surface area contributed by atoms with Crippen molar-refractivity contribution in [1.82, 2.24) is 25.1 Å². The predicted octanol–water partition coefficient (Wildman–Crippen LogP) is 1.62. The predicted molar refractivity (Wildman–Crippen MR) is 66.6 cm³/mol. The van der Waals surface area contributed by atoms with Gasteiger partial charge in [0.1, 0.15) is 0 Å². The first kappa shape index (κ1) is 10.6. The Morgan fingerprint density at radius 2 is 1.88 bits per heavy atom. The second kappa shape index (κ2) is 4.40. The van der Waals surface area contributed by atoms with Crippen LogP contribution in [0.4, 0.5) is 5.95 Å². The Balaban J connectivity index is 1.86. The first-order valence-corrected chi connectivity index (χ1v) is 6.27. The molecular formula is C10H11BrN6. The molecule has 17 heavy (non-hydrogen) atoms. The SMILES string of the molecule is Brc1cnc(-c2nc(N3CCCC3)n[nH]2)nc1. The molecule has 1 aliphatic rings. The fourth-order valence-corrected chi connectivity index (χ4v) is 2.05. The van der Waals surface area contributed by atoms with Gasteiger partial charge in [-0.1, -0.05) is 0 Å². The lowest BCUT2D eigenvalue weighted by Crippen LogP contribution is -2.18. The number of halogens is 1. The lowest BCUT2D eigenvalue weighted by Gasteiger charge is -2.10. The minimum Gasteiger partial charge on any atom is -0.340 e. The van der Waals surface area contributed by atoms with E-state index in [-0.39, 0.29) is 0 Å². The number of hydrogen-bond acceptors (Lipinski definition) is 5. The van der Waals surface area contributed by atoms with Gasteiger partial charge >= 0.3 is 0 Å². The fourth-order valence-electron chi connectivity index (χ4n) is 1.85. The highest BCUT2D eigenvalue weighted by atomic mass is 79.9. The average Bonchev–Trinajstić information content (AvgIpc) is 3.00. The second-order valence-electron chi connectivity index (χ2n) is 3.90. The molecule has 0 amide bonds. The van der Waals surface area contributed by atoms with Crippen LogP contribution in [0.1, 0.15) is 12.8 Å². The van der Waals surface area contributed by atoms with Crippen LogP contribution < -0.4 is 4.90 Å². The van der Waals surface area contributed by atoms with Crippen molar-refractivity contribution in [1.29, 1.82) is 0 Å². The summed E-state index contributed by atoms with van der Waals surface area (Å²) >= 11 is 3.30. The van der Waals surface area contributed by atoms with Gasteiger partial charge in [0.25, 0.3) is 0 Å². The molecule has 0 atom stereocenters. The van der Waals surface area contributed by atoms with Crippen molar-refractivity contribution < 1.29 is 0 Å². The molecule has 3 heterocycles. The number of nitrogens with one attached hydrogen (secondary N) is 1. The van der Waals surface area contributed by atoms with Crippen molar-refractivity contribution in [3.05, 3.63) is 16.9 Å². The summed E-state index contributed by atoms with van der Waals surface area (Å²) in [6.45, 7) is 2.05. The molecular weight excluding hydrogens is 284 g/mol. The molecule has 0 unspecified atom stereocenters. The Hall–Kier alpha value is -1.50. The molecule has 0 aromatic carbocycles. The number of H-pyrrole nitrogens is 1. The molecule has 1 aliphatic heterocycles. The molecule has 0 saturated carbocycles. The molecule has 3 rings (SSSR count). The van der Waals surface area contributed by atoms with Crippen molar-refractivity contribution in [2.45, 2.75) is 12.8 Å². The Morgan fingerprint density at radius 3 is 2.59 bits per heavy atom. The lowest BCUT2D eigenvalue weighted by atomic mass is 10.4. The van der Waals surface area contributed by atoms with Crippen LogP contribution in [0.3, 0.4) is 0 Å². The van der Waals surface area contributed by atoms with E-state index < -0.39 is 0 Å². The number of aromatic amines is 1. The molecule has 1 fully saturated rings. The summed E-state index contributed by atoms with van der Waals surface area (Å²) in [7, 11) is 0. The molecule has 1 saturated heterocycles. The lowest BCUT2D eigenvalue weighted by molar-refractivity contribution is 0.903. The molecule has 1 N–H and O–H groups in total. The van der Waals surface area contributed by atoms with E-state index in [0.29, 0.717) is 11.6 Å². The largest absolute Gasteiger partial charge is 0.340 e. The highest BCUT2D eigenvalue weighted by Gasteiger charge is 2.17. The number of nitrogens with zero attached hydrogens (tertiary/aromatic N) is 5. The van der Waals surface area contributed by atoms with Crippen molar-refractivity contribution in [2.24, 2.45) is 0 Å². The summed E-state index contributed by atoms with van der Waals surface area (Å²) in [6.07, 6.45) is 5.80. The third kappa shape index (κ3) is 2.14. The van der Waals surface area contributed by atoms with Crippen LogP contribution in [-0.2, 0) is 0 Å². The quantitative estimate of drug-likeness (QED) is 0.911. The Morgan fingerprint density at radius 1 is 1.18 bits per heavy atom. The first-order valence-electron chi connectivity index (χ1n) is 5.48. The minimum absolute atomic E-state index is 0.561. The van der Waals surface area contributed by atoms with E-state index >= 15 is 0 Å². The first-order chi connectivity index (χ1) is 8.33. The van der Waals surface area contributed by atoms with Gasteiger partial charge in [0.05, 0.1) is 4.47 Å². The zero-order chi connectivity index (χ0) is 11.7. The zero-order valence-electron chi connectivity index (χ0n) is 9.10. The monoisotopic (exact) mass is 294 g/mol. The number of rotatable bonds is 2. The van der Waals surface area contributed by atoms with E-state index in [1.165, 1.54) is 12.8 Å². The van der Waals surface area contributed by atoms with E-state index in [4.69, 9.17) is 0 Å². The van der Waals surface area contributed by atoms with Crippen LogP contribution in [0.25, 0.3) is 11.6 Å². The molecule has 0 radical (unpaired) electrons. The van der Waals surface area contributed by atoms with Crippen LogP contribution in [0.5, 0.6) is 0 Å². The molecule has 6 nitrogen and oxygen atoms in total. The topological polar surface area (TPSA) is 70.6 Å². The van der Waals surface area contributed by atoms with Crippen molar-refractivity contribution in [2.75, 3.05) is 18.0 Å². The molecule has 0 spiro atoms. The second-order valence-corrected chi connectivity index (χ2v) is 4.82. The van der Waals surface area contributed by atoms with E-state index in [2.05, 4.69) is 46.0 Å². The van der Waals surface area contributed by atoms with Gasteiger partial charge in [0.2, 0.25) is 5.95 Å². The summed E-state index contributed by atoms with van der Waals surface area (Å²) in [5.41, 5.74) is 0. The highest BCUT2D eigenvalue weighted by Crippen LogP contribution is 2.18. The Bertz CT molecular complexity index is 502. The van der Waals surface area contributed by atoms with Crippen LogP contribution in [0.2, 0.25) is 0 Å². The molecule has 88 valence electrons. The van der Waals surface area contributed by atoms with E-state index in [0.717, 1.165) is 23.5 Å². The summed E-state index contributed by atoms with van der Waals surface area (Å²) in [5, 5.41) is 7.07. The van der Waals surface area contributed by atoms with Gasteiger partial charge in [0.15, 0.2) is 11.6 Å². The standard InChI is InChI=1S/C10H11BrN6/c11-7-5-12-8(13-6-7)9-14-10(16-15-9)17-3-1-2-4-17/h5-6H,1-4H2,(H,14,15,16). The Kier molecular flexibility index (Phi) is 2.76. The maximum absolute atomic E-state index is 4.41. The number of aromatic nitrogens is 5. The number of hydrogen-bond donors (Lipinski definition) is 1. The normalized spacial score (nSPS) is 15.5. The highest BCUT2D eigenvalue weighted by molar-refractivity contribution is 9.10. The third-order valence-electron chi connectivity index (χ3n) is 2.69. The van der Waals surface area contributed by atoms with Crippen molar-refractivity contribution in [3.8, 4) is 11.6 Å². The third-order valence-corrected chi connectivity index (χ3v) is 3.10. The maximum Gasteiger partial charge on any atom is 0.245 e. The maximum atomic E-state index is 4.41. The van der Waals surface area contributed by atoms with E-state index in [1.54, 1.807) is 12.4 Å². The van der Waals surface area contributed by atoms with Crippen molar-refractivity contribution >= 4 is 21.9 Å². The smallest absolute Gasteiger partial charge is 0.245 e.